The molecular formula is C8H17N3O5S. The van der Waals surface area contributed by atoms with E-state index in [1.807, 2.05) is 0 Å². The van der Waals surface area contributed by atoms with Gasteiger partial charge in [0.15, 0.2) is 0 Å². The molecule has 4 N–H and O–H groups in total. The molecule has 0 heterocycles. The van der Waals surface area contributed by atoms with Crippen molar-refractivity contribution >= 4 is 22.0 Å². The fraction of sp³-hybridized carbons (Fsp3) is 0.750. The predicted molar refractivity (Wildman–Crippen MR) is 61.1 cm³/mol. The first-order valence-corrected chi connectivity index (χ1v) is 6.59. The quantitative estimate of drug-likeness (QED) is 0.456. The lowest BCUT2D eigenvalue weighted by molar-refractivity contribution is -0.137. The van der Waals surface area contributed by atoms with E-state index in [0.29, 0.717) is 0 Å². The van der Waals surface area contributed by atoms with Crippen LogP contribution in [-0.4, -0.2) is 50.9 Å². The first-order valence-electron chi connectivity index (χ1n) is 4.94. The van der Waals surface area contributed by atoms with Gasteiger partial charge < -0.3 is 15.7 Å². The third-order valence-electron chi connectivity index (χ3n) is 1.83. The smallest absolute Gasteiger partial charge is 0.315 e. The van der Waals surface area contributed by atoms with Gasteiger partial charge in [-0.25, -0.2) is 17.9 Å². The molecule has 0 spiro atoms. The van der Waals surface area contributed by atoms with Gasteiger partial charge in [0.25, 0.3) is 0 Å². The van der Waals surface area contributed by atoms with Crippen LogP contribution in [-0.2, 0) is 14.8 Å². The van der Waals surface area contributed by atoms with Crippen molar-refractivity contribution in [3.8, 4) is 0 Å². The molecule has 1 unspecified atom stereocenters. The fourth-order valence-corrected chi connectivity index (χ4v) is 1.56. The van der Waals surface area contributed by atoms with Crippen molar-refractivity contribution in [2.24, 2.45) is 0 Å². The minimum absolute atomic E-state index is 0.0468. The molecule has 0 aliphatic heterocycles. The van der Waals surface area contributed by atoms with Crippen LogP contribution in [0.5, 0.6) is 0 Å². The van der Waals surface area contributed by atoms with Crippen LogP contribution in [0.1, 0.15) is 13.3 Å². The number of hydrogen-bond donors (Lipinski definition) is 4. The Kier molecular flexibility index (Phi) is 6.51. The van der Waals surface area contributed by atoms with Gasteiger partial charge in [0.2, 0.25) is 10.0 Å². The lowest BCUT2D eigenvalue weighted by Gasteiger charge is -2.12. The summed E-state index contributed by atoms with van der Waals surface area (Å²) < 4.78 is 24.1. The maximum atomic E-state index is 11.2. The van der Waals surface area contributed by atoms with E-state index in [1.165, 1.54) is 14.0 Å². The molecule has 17 heavy (non-hydrogen) atoms. The zero-order valence-electron chi connectivity index (χ0n) is 9.69. The second-order valence-electron chi connectivity index (χ2n) is 3.42. The summed E-state index contributed by atoms with van der Waals surface area (Å²) in [5, 5.41) is 13.1. The average molecular weight is 267 g/mol. The summed E-state index contributed by atoms with van der Waals surface area (Å²) in [6.07, 6.45) is -0.192. The maximum Gasteiger partial charge on any atom is 0.315 e. The zero-order chi connectivity index (χ0) is 13.5. The number of carbonyl (C=O) groups excluding carboxylic acids is 1. The molecule has 9 heteroatoms. The van der Waals surface area contributed by atoms with E-state index in [2.05, 4.69) is 15.4 Å². The summed E-state index contributed by atoms with van der Waals surface area (Å²) in [6, 6.07) is -1.11. The number of urea groups is 1. The lowest BCUT2D eigenvalue weighted by Crippen LogP contribution is -2.43. The van der Waals surface area contributed by atoms with E-state index < -0.39 is 28.1 Å². The van der Waals surface area contributed by atoms with E-state index >= 15 is 0 Å². The van der Waals surface area contributed by atoms with Gasteiger partial charge in [-0.15, -0.1) is 0 Å². The number of nitrogens with one attached hydrogen (secondary N) is 3. The number of carboxylic acid groups (broad SMARTS) is 1. The summed E-state index contributed by atoms with van der Waals surface area (Å²) in [7, 11) is -2.07. The molecule has 8 nitrogen and oxygen atoms in total. The van der Waals surface area contributed by atoms with E-state index in [-0.39, 0.29) is 18.7 Å². The van der Waals surface area contributed by atoms with Crippen molar-refractivity contribution < 1.29 is 23.1 Å². The molecule has 100 valence electrons. The van der Waals surface area contributed by atoms with Crippen LogP contribution in [0.25, 0.3) is 0 Å². The summed E-state index contributed by atoms with van der Waals surface area (Å²) in [5.74, 6) is -1.25. The number of aliphatic carboxylic acids is 1. The summed E-state index contributed by atoms with van der Waals surface area (Å²) in [5.41, 5.74) is 0. The molecule has 0 fully saturated rings. The van der Waals surface area contributed by atoms with Gasteiger partial charge in [0.1, 0.15) is 0 Å². The van der Waals surface area contributed by atoms with Crippen molar-refractivity contribution in [1.82, 2.24) is 15.4 Å². The van der Waals surface area contributed by atoms with E-state index in [0.717, 1.165) is 0 Å². The molecule has 0 aromatic heterocycles. The highest BCUT2D eigenvalue weighted by Crippen LogP contribution is 1.89. The Bertz CT molecular complexity index is 367. The van der Waals surface area contributed by atoms with Gasteiger partial charge in [-0.3, -0.25) is 4.79 Å². The highest BCUT2D eigenvalue weighted by Gasteiger charge is 2.11. The largest absolute Gasteiger partial charge is 0.481 e. The number of hydrogen-bond acceptors (Lipinski definition) is 4. The standard InChI is InChI=1S/C8H17N3O5S/c1-6(5-7(12)13)11-8(14)10-3-4-17(15,16)9-2/h6,9H,3-5H2,1-2H3,(H,12,13)(H2,10,11,14). The first kappa shape index (κ1) is 15.7. The molecule has 0 aliphatic carbocycles. The molecule has 0 bridgehead atoms. The van der Waals surface area contributed by atoms with Crippen LogP contribution in [0, 0.1) is 0 Å². The van der Waals surface area contributed by atoms with Crippen LogP contribution in [0.15, 0.2) is 0 Å². The second-order valence-corrected chi connectivity index (χ2v) is 5.47. The predicted octanol–water partition coefficient (Wildman–Crippen LogP) is -1.30. The number of amides is 2. The molecule has 0 aromatic rings. The van der Waals surface area contributed by atoms with Gasteiger partial charge in [-0.05, 0) is 14.0 Å². The summed E-state index contributed by atoms with van der Waals surface area (Å²) >= 11 is 0. The number of rotatable bonds is 7. The molecule has 0 saturated heterocycles. The number of carbonyl (C=O) groups is 2. The Morgan fingerprint density at radius 1 is 1.35 bits per heavy atom. The zero-order valence-corrected chi connectivity index (χ0v) is 10.5. The minimum Gasteiger partial charge on any atom is -0.481 e. The highest BCUT2D eigenvalue weighted by molar-refractivity contribution is 7.89. The maximum absolute atomic E-state index is 11.2. The highest BCUT2D eigenvalue weighted by atomic mass is 32.2. The van der Waals surface area contributed by atoms with E-state index in [9.17, 15) is 18.0 Å². The van der Waals surface area contributed by atoms with E-state index in [4.69, 9.17) is 5.11 Å². The average Bonchev–Trinajstić information content (AvgIpc) is 2.15. The van der Waals surface area contributed by atoms with E-state index in [1.54, 1.807) is 0 Å². The summed E-state index contributed by atoms with van der Waals surface area (Å²) in [4.78, 5) is 21.5. The van der Waals surface area contributed by atoms with Gasteiger partial charge in [0, 0.05) is 12.6 Å². The Morgan fingerprint density at radius 3 is 2.41 bits per heavy atom. The van der Waals surface area contributed by atoms with Crippen LogP contribution in [0.2, 0.25) is 0 Å². The van der Waals surface area contributed by atoms with Crippen molar-refractivity contribution in [3.63, 3.8) is 0 Å². The van der Waals surface area contributed by atoms with Crippen molar-refractivity contribution in [3.05, 3.63) is 0 Å². The molecule has 0 saturated carbocycles. The molecule has 0 aromatic carbocycles. The molecule has 0 aliphatic rings. The third-order valence-corrected chi connectivity index (χ3v) is 3.19. The van der Waals surface area contributed by atoms with Crippen molar-refractivity contribution in [2.45, 2.75) is 19.4 Å². The first-order chi connectivity index (χ1) is 7.76. The minimum atomic E-state index is -3.35. The van der Waals surface area contributed by atoms with Gasteiger partial charge >= 0.3 is 12.0 Å². The molecule has 0 rings (SSSR count). The lowest BCUT2D eigenvalue weighted by atomic mass is 10.2. The Labute approximate surface area is 99.8 Å². The number of sulfonamides is 1. The Balaban J connectivity index is 3.85. The normalized spacial score (nSPS) is 12.8. The van der Waals surface area contributed by atoms with Gasteiger partial charge in [0.05, 0.1) is 12.2 Å². The van der Waals surface area contributed by atoms with Crippen LogP contribution in [0.3, 0.4) is 0 Å². The molecular weight excluding hydrogens is 250 g/mol. The Morgan fingerprint density at radius 2 is 1.94 bits per heavy atom. The monoisotopic (exact) mass is 267 g/mol. The van der Waals surface area contributed by atoms with Crippen LogP contribution >= 0.6 is 0 Å². The van der Waals surface area contributed by atoms with Crippen molar-refractivity contribution in [2.75, 3.05) is 19.3 Å². The molecule has 2 amide bonds. The topological polar surface area (TPSA) is 125 Å². The fourth-order valence-electron chi connectivity index (χ4n) is 0.989. The molecule has 0 radical (unpaired) electrons. The van der Waals surface area contributed by atoms with Crippen LogP contribution in [0.4, 0.5) is 4.79 Å². The number of carboxylic acids is 1. The SMILES string of the molecule is CNS(=O)(=O)CCNC(=O)NC(C)CC(=O)O. The third kappa shape index (κ3) is 8.46. The Hall–Kier alpha value is -1.35. The van der Waals surface area contributed by atoms with Gasteiger partial charge in [-0.2, -0.15) is 0 Å². The van der Waals surface area contributed by atoms with Gasteiger partial charge in [-0.1, -0.05) is 0 Å². The van der Waals surface area contributed by atoms with Crippen LogP contribution < -0.4 is 15.4 Å². The summed E-state index contributed by atoms with van der Waals surface area (Å²) in [6.45, 7) is 1.49. The molecule has 1 atom stereocenters. The second kappa shape index (κ2) is 7.07. The van der Waals surface area contributed by atoms with Crippen molar-refractivity contribution in [1.29, 1.82) is 0 Å².